The van der Waals surface area contributed by atoms with E-state index in [2.05, 4.69) is 6.92 Å². The fourth-order valence-electron chi connectivity index (χ4n) is 3.50. The van der Waals surface area contributed by atoms with E-state index in [1.807, 2.05) is 55.5 Å². The van der Waals surface area contributed by atoms with E-state index in [1.165, 1.54) is 0 Å². The molecular weight excluding hydrogens is 420 g/mol. The Hall–Kier alpha value is -3.51. The van der Waals surface area contributed by atoms with Crippen molar-refractivity contribution < 1.29 is 29.2 Å². The highest BCUT2D eigenvalue weighted by atomic mass is 16.5. The Bertz CT molecular complexity index is 1030. The first-order chi connectivity index (χ1) is 15.9. The first-order valence-electron chi connectivity index (χ1n) is 11.0. The molecule has 0 saturated heterocycles. The molecule has 3 aromatic carbocycles. The molecule has 0 aliphatic rings. The number of hydrogen-bond donors (Lipinski definition) is 2. The van der Waals surface area contributed by atoms with Gasteiger partial charge in [0, 0.05) is 5.41 Å². The summed E-state index contributed by atoms with van der Waals surface area (Å²) < 4.78 is 16.6. The van der Waals surface area contributed by atoms with Gasteiger partial charge in [-0.2, -0.15) is 0 Å². The molecule has 0 fully saturated rings. The molecule has 0 aromatic heterocycles. The van der Waals surface area contributed by atoms with Crippen LogP contribution in [-0.2, 0) is 16.6 Å². The van der Waals surface area contributed by atoms with Crippen LogP contribution in [0.25, 0.3) is 0 Å². The van der Waals surface area contributed by atoms with Gasteiger partial charge in [-0.3, -0.25) is 0 Å². The van der Waals surface area contributed by atoms with E-state index in [9.17, 15) is 9.90 Å². The molecular formula is C27H30O6. The van der Waals surface area contributed by atoms with Crippen LogP contribution in [0.3, 0.4) is 0 Å². The van der Waals surface area contributed by atoms with Crippen LogP contribution in [0, 0.1) is 0 Å². The summed E-state index contributed by atoms with van der Waals surface area (Å²) >= 11 is 0. The van der Waals surface area contributed by atoms with Crippen molar-refractivity contribution in [2.45, 2.75) is 32.1 Å². The monoisotopic (exact) mass is 450 g/mol. The maximum Gasteiger partial charge on any atom is 0.341 e. The van der Waals surface area contributed by atoms with E-state index in [0.29, 0.717) is 23.9 Å². The average Bonchev–Trinajstić information content (AvgIpc) is 2.83. The van der Waals surface area contributed by atoms with Crippen LogP contribution in [0.2, 0.25) is 0 Å². The van der Waals surface area contributed by atoms with E-state index in [4.69, 9.17) is 19.3 Å². The second-order valence-corrected chi connectivity index (χ2v) is 8.08. The summed E-state index contributed by atoms with van der Waals surface area (Å²) in [6.45, 7) is 4.31. The zero-order valence-electron chi connectivity index (χ0n) is 19.0. The summed E-state index contributed by atoms with van der Waals surface area (Å²) in [5.74, 6) is 1.61. The van der Waals surface area contributed by atoms with Crippen molar-refractivity contribution in [1.29, 1.82) is 0 Å². The fourth-order valence-corrected chi connectivity index (χ4v) is 3.50. The minimum absolute atomic E-state index is 0.0491. The Kier molecular flexibility index (Phi) is 8.33. The molecule has 6 nitrogen and oxygen atoms in total. The maximum atomic E-state index is 10.6. The summed E-state index contributed by atoms with van der Waals surface area (Å²) in [6.07, 6.45) is 1.56. The van der Waals surface area contributed by atoms with Crippen molar-refractivity contribution in [3.8, 4) is 23.0 Å². The number of aliphatic hydroxyl groups is 1. The third kappa shape index (κ3) is 6.99. The molecule has 33 heavy (non-hydrogen) atoms. The second kappa shape index (κ2) is 11.4. The lowest BCUT2D eigenvalue weighted by molar-refractivity contribution is -0.139. The molecule has 0 spiro atoms. The van der Waals surface area contributed by atoms with Gasteiger partial charge in [-0.15, -0.1) is 0 Å². The first kappa shape index (κ1) is 24.1. The lowest BCUT2D eigenvalue weighted by Crippen LogP contribution is -2.27. The zero-order chi connectivity index (χ0) is 23.7. The van der Waals surface area contributed by atoms with Gasteiger partial charge in [-0.25, -0.2) is 4.79 Å². The molecule has 0 aliphatic carbocycles. The minimum atomic E-state index is -1.02. The Morgan fingerprint density at radius 3 is 2.15 bits per heavy atom. The number of aliphatic hydroxyl groups excluding tert-OH is 1. The number of carboxylic acids is 1. The third-order valence-electron chi connectivity index (χ3n) is 5.50. The van der Waals surface area contributed by atoms with Crippen molar-refractivity contribution in [2.24, 2.45) is 0 Å². The third-order valence-corrected chi connectivity index (χ3v) is 5.50. The number of rotatable bonds is 12. The van der Waals surface area contributed by atoms with Gasteiger partial charge in [0.15, 0.2) is 6.61 Å². The van der Waals surface area contributed by atoms with Crippen LogP contribution >= 0.6 is 0 Å². The van der Waals surface area contributed by atoms with Crippen molar-refractivity contribution in [3.05, 3.63) is 83.9 Å². The maximum absolute atomic E-state index is 10.6. The summed E-state index contributed by atoms with van der Waals surface area (Å²) in [5, 5.41) is 18.8. The highest BCUT2D eigenvalue weighted by Gasteiger charge is 2.25. The van der Waals surface area contributed by atoms with E-state index in [1.54, 1.807) is 24.3 Å². The van der Waals surface area contributed by atoms with Crippen LogP contribution in [0.15, 0.2) is 72.8 Å². The van der Waals surface area contributed by atoms with Crippen molar-refractivity contribution >= 4 is 5.97 Å². The van der Waals surface area contributed by atoms with Gasteiger partial charge in [0.05, 0.1) is 13.2 Å². The number of ether oxygens (including phenoxy) is 3. The molecule has 0 radical (unpaired) electrons. The van der Waals surface area contributed by atoms with Gasteiger partial charge < -0.3 is 24.4 Å². The number of benzene rings is 3. The van der Waals surface area contributed by atoms with E-state index >= 15 is 0 Å². The van der Waals surface area contributed by atoms with Gasteiger partial charge in [0.1, 0.15) is 23.0 Å². The smallest absolute Gasteiger partial charge is 0.341 e. The summed E-state index contributed by atoms with van der Waals surface area (Å²) in [6, 6.07) is 22.6. The molecule has 174 valence electrons. The largest absolute Gasteiger partial charge is 0.494 e. The quantitative estimate of drug-likeness (QED) is 0.393. The van der Waals surface area contributed by atoms with Crippen LogP contribution in [0.4, 0.5) is 0 Å². The number of aryl methyl sites for hydroxylation is 1. The number of carboxylic acid groups (broad SMARTS) is 1. The topological polar surface area (TPSA) is 85.2 Å². The summed E-state index contributed by atoms with van der Waals surface area (Å²) in [5.41, 5.74) is 1.82. The lowest BCUT2D eigenvalue weighted by atomic mass is 9.78. The molecule has 1 atom stereocenters. The molecule has 0 amide bonds. The molecule has 1 unspecified atom stereocenters. The normalized spacial score (nSPS) is 12.6. The van der Waals surface area contributed by atoms with E-state index < -0.39 is 5.97 Å². The number of hydrogen-bond acceptors (Lipinski definition) is 5. The fraction of sp³-hybridized carbons (Fsp3) is 0.296. The minimum Gasteiger partial charge on any atom is -0.494 e. The molecule has 0 aliphatic heterocycles. The first-order valence-corrected chi connectivity index (χ1v) is 11.0. The van der Waals surface area contributed by atoms with Gasteiger partial charge in [-0.05, 0) is 79.4 Å². The van der Waals surface area contributed by atoms with E-state index in [0.717, 1.165) is 29.7 Å². The standard InChI is InChI=1S/C27H30O6/c1-3-31-22-9-7-21(8-10-22)27(2,19-28)16-15-20-5-4-6-25(17-20)33-24-13-11-23(12-14-24)32-18-26(29)30/h4-14,17,28H,3,15-16,18-19H2,1-2H3,(H,29,30). The van der Waals surface area contributed by atoms with Gasteiger partial charge in [0.2, 0.25) is 0 Å². The van der Waals surface area contributed by atoms with Crippen LogP contribution in [-0.4, -0.2) is 36.0 Å². The van der Waals surface area contributed by atoms with Crippen molar-refractivity contribution in [3.63, 3.8) is 0 Å². The SMILES string of the molecule is CCOc1ccc(C(C)(CO)CCc2cccc(Oc3ccc(OCC(=O)O)cc3)c2)cc1. The Balaban J connectivity index is 1.62. The van der Waals surface area contributed by atoms with Crippen LogP contribution in [0.1, 0.15) is 31.4 Å². The molecule has 6 heteroatoms. The lowest BCUT2D eigenvalue weighted by Gasteiger charge is -2.28. The summed E-state index contributed by atoms with van der Waals surface area (Å²) in [4.78, 5) is 10.6. The second-order valence-electron chi connectivity index (χ2n) is 8.08. The van der Waals surface area contributed by atoms with Gasteiger partial charge >= 0.3 is 5.97 Å². The Morgan fingerprint density at radius 1 is 0.879 bits per heavy atom. The van der Waals surface area contributed by atoms with Crippen LogP contribution in [0.5, 0.6) is 23.0 Å². The molecule has 2 N–H and O–H groups in total. The molecule has 3 aromatic rings. The Morgan fingerprint density at radius 2 is 1.52 bits per heavy atom. The van der Waals surface area contributed by atoms with Gasteiger partial charge in [-0.1, -0.05) is 31.2 Å². The van der Waals surface area contributed by atoms with Crippen molar-refractivity contribution in [1.82, 2.24) is 0 Å². The number of carbonyl (C=O) groups is 1. The zero-order valence-corrected chi connectivity index (χ0v) is 19.0. The Labute approximate surface area is 194 Å². The van der Waals surface area contributed by atoms with Crippen molar-refractivity contribution in [2.75, 3.05) is 19.8 Å². The highest BCUT2D eigenvalue weighted by Crippen LogP contribution is 2.31. The predicted octanol–water partition coefficient (Wildman–Crippen LogP) is 5.22. The molecule has 0 saturated carbocycles. The predicted molar refractivity (Wildman–Crippen MR) is 126 cm³/mol. The summed E-state index contributed by atoms with van der Waals surface area (Å²) in [7, 11) is 0. The molecule has 3 rings (SSSR count). The molecule has 0 heterocycles. The van der Waals surface area contributed by atoms with E-state index in [-0.39, 0.29) is 18.6 Å². The van der Waals surface area contributed by atoms with Crippen LogP contribution < -0.4 is 14.2 Å². The molecule has 0 bridgehead atoms. The van der Waals surface area contributed by atoms with Gasteiger partial charge in [0.25, 0.3) is 0 Å². The average molecular weight is 451 g/mol. The number of aliphatic carboxylic acids is 1. The highest BCUT2D eigenvalue weighted by molar-refractivity contribution is 5.68.